The SMILES string of the molecule is c1ccc2c(c1)ccc1c2c2ccccc2n1-c1ccc(-c2nc(-n3c4ccccc4c4cc(-c5ccc(-c6ccc7sc8ccccc8c7c6)cc5)ccc43)nc3ccccc23)cc1. The molecule has 65 heavy (non-hydrogen) atoms. The van der Waals surface area contributed by atoms with Crippen molar-refractivity contribution in [3.05, 3.63) is 218 Å². The van der Waals surface area contributed by atoms with E-state index in [0.29, 0.717) is 5.95 Å². The van der Waals surface area contributed by atoms with E-state index in [1.165, 1.54) is 85.8 Å². The summed E-state index contributed by atoms with van der Waals surface area (Å²) in [6, 6.07) is 79.1. The fourth-order valence-corrected chi connectivity index (χ4v) is 11.4. The first-order chi connectivity index (χ1) is 32.2. The monoisotopic (exact) mass is 844 g/mol. The summed E-state index contributed by atoms with van der Waals surface area (Å²) in [6.45, 7) is 0. The average Bonchev–Trinajstić information content (AvgIpc) is 4.03. The van der Waals surface area contributed by atoms with Crippen LogP contribution in [0.5, 0.6) is 0 Å². The maximum Gasteiger partial charge on any atom is 0.235 e. The van der Waals surface area contributed by atoms with E-state index in [2.05, 4.69) is 228 Å². The molecule has 4 nitrogen and oxygen atoms in total. The zero-order valence-corrected chi connectivity index (χ0v) is 35.8. The van der Waals surface area contributed by atoms with Crippen LogP contribution in [0.15, 0.2) is 218 Å². The molecule has 4 aromatic heterocycles. The molecule has 0 saturated carbocycles. The Morgan fingerprint density at radius 1 is 0.323 bits per heavy atom. The van der Waals surface area contributed by atoms with Gasteiger partial charge in [-0.05, 0) is 99.8 Å². The molecule has 4 heterocycles. The number of thiophene rings is 1. The molecule has 0 fully saturated rings. The second-order valence-electron chi connectivity index (χ2n) is 16.9. The second kappa shape index (κ2) is 14.1. The van der Waals surface area contributed by atoms with E-state index < -0.39 is 0 Å². The summed E-state index contributed by atoms with van der Waals surface area (Å²) in [5.41, 5.74) is 13.3. The molecule has 0 amide bonds. The smallest absolute Gasteiger partial charge is 0.235 e. The Hall–Kier alpha value is -8.38. The molecule has 0 aliphatic rings. The summed E-state index contributed by atoms with van der Waals surface area (Å²) < 4.78 is 7.27. The van der Waals surface area contributed by atoms with E-state index in [9.17, 15) is 0 Å². The maximum atomic E-state index is 5.44. The van der Waals surface area contributed by atoms with Crippen LogP contribution in [0, 0.1) is 0 Å². The van der Waals surface area contributed by atoms with Gasteiger partial charge in [0.2, 0.25) is 5.95 Å². The quantitative estimate of drug-likeness (QED) is 0.173. The summed E-state index contributed by atoms with van der Waals surface area (Å²) in [6.07, 6.45) is 0. The van der Waals surface area contributed by atoms with Crippen LogP contribution in [0.25, 0.3) is 131 Å². The average molecular weight is 845 g/mol. The van der Waals surface area contributed by atoms with Gasteiger partial charge in [0.05, 0.1) is 33.3 Å². The van der Waals surface area contributed by atoms with Gasteiger partial charge in [-0.3, -0.25) is 4.57 Å². The number of benzene rings is 10. The minimum absolute atomic E-state index is 0.649. The topological polar surface area (TPSA) is 35.6 Å². The summed E-state index contributed by atoms with van der Waals surface area (Å²) >= 11 is 1.86. The molecular weight excluding hydrogens is 809 g/mol. The minimum Gasteiger partial charge on any atom is -0.309 e. The van der Waals surface area contributed by atoms with Gasteiger partial charge in [-0.2, -0.15) is 0 Å². The van der Waals surface area contributed by atoms with Crippen molar-refractivity contribution in [3.8, 4) is 45.1 Å². The molecule has 0 atom stereocenters. The second-order valence-corrected chi connectivity index (χ2v) is 18.0. The Balaban J connectivity index is 0.863. The van der Waals surface area contributed by atoms with Gasteiger partial charge in [-0.1, -0.05) is 152 Å². The van der Waals surface area contributed by atoms with Crippen LogP contribution >= 0.6 is 11.3 Å². The van der Waals surface area contributed by atoms with Crippen molar-refractivity contribution in [2.45, 2.75) is 0 Å². The highest BCUT2D eigenvalue weighted by Gasteiger charge is 2.19. The molecule has 0 spiro atoms. The Morgan fingerprint density at radius 3 is 1.68 bits per heavy atom. The summed E-state index contributed by atoms with van der Waals surface area (Å²) in [4.78, 5) is 10.7. The van der Waals surface area contributed by atoms with E-state index in [-0.39, 0.29) is 0 Å². The van der Waals surface area contributed by atoms with E-state index in [1.54, 1.807) is 0 Å². The standard InChI is InChI=1S/C60H36N4S/c1-2-12-44-39(11-1)27-33-55-58(44)48-16-5-9-19-53(48)63(55)43-30-25-40(26-31-43)59-47-15-3-7-17-51(47)61-60(62-59)64-52-18-8-4-13-45(52)49-35-41(28-32-54(49)64)37-21-23-38(24-22-37)42-29-34-57-50(36-42)46-14-6-10-20-56(46)65-57/h1-36H. The molecule has 0 bridgehead atoms. The molecule has 0 aliphatic heterocycles. The molecule has 14 aromatic rings. The van der Waals surface area contributed by atoms with Crippen LogP contribution in [0.3, 0.4) is 0 Å². The van der Waals surface area contributed by atoms with Gasteiger partial charge in [0.15, 0.2) is 0 Å². The maximum absolute atomic E-state index is 5.44. The number of aromatic nitrogens is 4. The number of hydrogen-bond acceptors (Lipinski definition) is 3. The molecule has 5 heteroatoms. The number of rotatable bonds is 5. The number of nitrogens with zero attached hydrogens (tertiary/aromatic N) is 4. The zero-order chi connectivity index (χ0) is 42.6. The lowest BCUT2D eigenvalue weighted by atomic mass is 9.98. The van der Waals surface area contributed by atoms with Crippen molar-refractivity contribution in [2.75, 3.05) is 0 Å². The lowest BCUT2D eigenvalue weighted by Gasteiger charge is -2.13. The largest absolute Gasteiger partial charge is 0.309 e. The lowest BCUT2D eigenvalue weighted by molar-refractivity contribution is 1.01. The number of para-hydroxylation sites is 3. The lowest BCUT2D eigenvalue weighted by Crippen LogP contribution is -2.03. The Labute approximate surface area is 377 Å². The third kappa shape index (κ3) is 5.56. The Morgan fingerprint density at radius 2 is 0.877 bits per heavy atom. The fourth-order valence-electron chi connectivity index (χ4n) is 10.3. The van der Waals surface area contributed by atoms with Crippen molar-refractivity contribution in [2.24, 2.45) is 0 Å². The van der Waals surface area contributed by atoms with Gasteiger partial charge >= 0.3 is 0 Å². The van der Waals surface area contributed by atoms with Gasteiger partial charge in [0, 0.05) is 58.4 Å². The highest BCUT2D eigenvalue weighted by molar-refractivity contribution is 7.25. The van der Waals surface area contributed by atoms with Crippen LogP contribution in [-0.2, 0) is 0 Å². The van der Waals surface area contributed by atoms with Crippen molar-refractivity contribution in [1.29, 1.82) is 0 Å². The van der Waals surface area contributed by atoms with Gasteiger partial charge in [-0.15, -0.1) is 11.3 Å². The van der Waals surface area contributed by atoms with E-state index in [0.717, 1.165) is 38.9 Å². The molecule has 10 aromatic carbocycles. The van der Waals surface area contributed by atoms with Crippen molar-refractivity contribution >= 4 is 96.8 Å². The van der Waals surface area contributed by atoms with Crippen molar-refractivity contribution < 1.29 is 0 Å². The first-order valence-electron chi connectivity index (χ1n) is 22.1. The van der Waals surface area contributed by atoms with Crippen LogP contribution in [0.4, 0.5) is 0 Å². The highest BCUT2D eigenvalue weighted by atomic mass is 32.1. The Kier molecular flexibility index (Phi) is 7.82. The summed E-state index contributed by atoms with van der Waals surface area (Å²) in [5.74, 6) is 0.649. The van der Waals surface area contributed by atoms with Crippen LogP contribution < -0.4 is 0 Å². The fraction of sp³-hybridized carbons (Fsp3) is 0. The molecule has 0 unspecified atom stereocenters. The minimum atomic E-state index is 0.649. The number of hydrogen-bond donors (Lipinski definition) is 0. The molecule has 0 aliphatic carbocycles. The normalized spacial score (nSPS) is 12.0. The number of fused-ring (bicyclic) bond motifs is 12. The third-order valence-corrected chi connectivity index (χ3v) is 14.5. The molecular formula is C60H36N4S. The van der Waals surface area contributed by atoms with Crippen molar-refractivity contribution in [1.82, 2.24) is 19.1 Å². The highest BCUT2D eigenvalue weighted by Crippen LogP contribution is 2.40. The van der Waals surface area contributed by atoms with Crippen LogP contribution in [0.1, 0.15) is 0 Å². The van der Waals surface area contributed by atoms with E-state index in [1.807, 2.05) is 11.3 Å². The molecule has 0 N–H and O–H groups in total. The first-order valence-corrected chi connectivity index (χ1v) is 22.9. The van der Waals surface area contributed by atoms with Crippen molar-refractivity contribution in [3.63, 3.8) is 0 Å². The summed E-state index contributed by atoms with van der Waals surface area (Å²) in [5, 5.41) is 11.0. The predicted octanol–water partition coefficient (Wildman–Crippen LogP) is 16.3. The predicted molar refractivity (Wildman–Crippen MR) is 275 cm³/mol. The Bertz CT molecular complexity index is 4230. The third-order valence-electron chi connectivity index (χ3n) is 13.4. The molecule has 14 rings (SSSR count). The zero-order valence-electron chi connectivity index (χ0n) is 35.0. The van der Waals surface area contributed by atoms with Gasteiger partial charge in [0.25, 0.3) is 0 Å². The molecule has 302 valence electrons. The molecule has 0 saturated heterocycles. The van der Waals surface area contributed by atoms with E-state index in [4.69, 9.17) is 9.97 Å². The van der Waals surface area contributed by atoms with Crippen LogP contribution in [-0.4, -0.2) is 19.1 Å². The van der Waals surface area contributed by atoms with E-state index >= 15 is 0 Å². The van der Waals surface area contributed by atoms with Gasteiger partial charge in [0.1, 0.15) is 0 Å². The first kappa shape index (κ1) is 36.1. The van der Waals surface area contributed by atoms with Gasteiger partial charge in [-0.25, -0.2) is 9.97 Å². The van der Waals surface area contributed by atoms with Gasteiger partial charge < -0.3 is 4.57 Å². The summed E-state index contributed by atoms with van der Waals surface area (Å²) in [7, 11) is 0. The molecule has 0 radical (unpaired) electrons. The van der Waals surface area contributed by atoms with Crippen LogP contribution in [0.2, 0.25) is 0 Å².